The highest BCUT2D eigenvalue weighted by Crippen LogP contribution is 2.17. The molecule has 1 fully saturated rings. The summed E-state index contributed by atoms with van der Waals surface area (Å²) in [6.45, 7) is 0.235. The zero-order valence-corrected chi connectivity index (χ0v) is 12.5. The van der Waals surface area contributed by atoms with Gasteiger partial charge in [-0.25, -0.2) is 4.79 Å². The summed E-state index contributed by atoms with van der Waals surface area (Å²) in [4.78, 5) is 26.8. The summed E-state index contributed by atoms with van der Waals surface area (Å²) < 4.78 is 0. The lowest BCUT2D eigenvalue weighted by Gasteiger charge is -2.22. The molecule has 1 aliphatic rings. The molecule has 1 aromatic carbocycles. The topological polar surface area (TPSA) is 74.0 Å². The van der Waals surface area contributed by atoms with Gasteiger partial charge in [-0.1, -0.05) is 37.5 Å². The standard InChI is InChI=1S/C17H21N3O2/c21-16-13(10-12-6-4-5-9-15(12)20-16)11-18-17(22)19-14-7-2-1-3-8-14/h4-6,9-10,14H,1-3,7-8,11H2,(H,20,21)(H2,18,19,22). The Labute approximate surface area is 129 Å². The predicted octanol–water partition coefficient (Wildman–Crippen LogP) is 2.66. The zero-order chi connectivity index (χ0) is 15.4. The maximum absolute atomic E-state index is 12.0. The number of rotatable bonds is 3. The fraction of sp³-hybridized carbons (Fsp3) is 0.412. The SMILES string of the molecule is O=C(NCc1cc2ccccc2[nH]c1=O)NC1CCCCC1. The molecule has 0 unspecified atom stereocenters. The van der Waals surface area contributed by atoms with Crippen molar-refractivity contribution in [1.29, 1.82) is 0 Å². The number of hydrogen-bond donors (Lipinski definition) is 3. The molecule has 0 radical (unpaired) electrons. The van der Waals surface area contributed by atoms with Gasteiger partial charge in [-0.3, -0.25) is 4.79 Å². The maximum atomic E-state index is 12.0. The van der Waals surface area contributed by atoms with Crippen molar-refractivity contribution in [2.75, 3.05) is 0 Å². The Balaban J connectivity index is 1.62. The van der Waals surface area contributed by atoms with E-state index in [1.807, 2.05) is 30.3 Å². The Morgan fingerprint density at radius 1 is 1.18 bits per heavy atom. The lowest BCUT2D eigenvalue weighted by atomic mass is 9.96. The number of aromatic amines is 1. The Bertz CT molecular complexity index is 717. The van der Waals surface area contributed by atoms with Crippen LogP contribution >= 0.6 is 0 Å². The van der Waals surface area contributed by atoms with E-state index in [1.165, 1.54) is 19.3 Å². The first kappa shape index (κ1) is 14.6. The number of benzene rings is 1. The largest absolute Gasteiger partial charge is 0.335 e. The van der Waals surface area contributed by atoms with E-state index in [4.69, 9.17) is 0 Å². The van der Waals surface area contributed by atoms with Crippen LogP contribution < -0.4 is 16.2 Å². The Hall–Kier alpha value is -2.30. The highest BCUT2D eigenvalue weighted by Gasteiger charge is 2.15. The molecule has 1 aliphatic carbocycles. The number of amides is 2. The monoisotopic (exact) mass is 299 g/mol. The quantitative estimate of drug-likeness (QED) is 0.815. The number of fused-ring (bicyclic) bond motifs is 1. The van der Waals surface area contributed by atoms with Gasteiger partial charge in [0.2, 0.25) is 0 Å². The molecule has 5 heteroatoms. The molecule has 22 heavy (non-hydrogen) atoms. The van der Waals surface area contributed by atoms with Gasteiger partial charge in [0, 0.05) is 23.7 Å². The first-order valence-electron chi connectivity index (χ1n) is 7.88. The van der Waals surface area contributed by atoms with Crippen molar-refractivity contribution in [2.45, 2.75) is 44.7 Å². The minimum Gasteiger partial charge on any atom is -0.335 e. The van der Waals surface area contributed by atoms with Gasteiger partial charge in [0.1, 0.15) is 0 Å². The highest BCUT2D eigenvalue weighted by molar-refractivity contribution is 5.79. The van der Waals surface area contributed by atoms with E-state index < -0.39 is 0 Å². The van der Waals surface area contributed by atoms with Gasteiger partial charge >= 0.3 is 6.03 Å². The van der Waals surface area contributed by atoms with Crippen LogP contribution in [0, 0.1) is 0 Å². The van der Waals surface area contributed by atoms with Gasteiger partial charge in [-0.15, -0.1) is 0 Å². The van der Waals surface area contributed by atoms with Gasteiger partial charge in [-0.2, -0.15) is 0 Å². The molecule has 2 aromatic rings. The second kappa shape index (κ2) is 6.64. The lowest BCUT2D eigenvalue weighted by molar-refractivity contribution is 0.232. The van der Waals surface area contributed by atoms with Crippen molar-refractivity contribution < 1.29 is 4.79 Å². The van der Waals surface area contributed by atoms with Crippen LogP contribution in [0.2, 0.25) is 0 Å². The molecule has 2 amide bonds. The van der Waals surface area contributed by atoms with Crippen LogP contribution in [-0.4, -0.2) is 17.1 Å². The van der Waals surface area contributed by atoms with E-state index in [-0.39, 0.29) is 24.2 Å². The minimum atomic E-state index is -0.195. The van der Waals surface area contributed by atoms with Crippen molar-refractivity contribution in [3.63, 3.8) is 0 Å². The van der Waals surface area contributed by atoms with Crippen molar-refractivity contribution in [3.8, 4) is 0 Å². The summed E-state index contributed by atoms with van der Waals surface area (Å²) in [5.41, 5.74) is 1.22. The summed E-state index contributed by atoms with van der Waals surface area (Å²) in [6.07, 6.45) is 5.70. The molecule has 116 valence electrons. The smallest absolute Gasteiger partial charge is 0.315 e. The highest BCUT2D eigenvalue weighted by atomic mass is 16.2. The third kappa shape index (κ3) is 3.47. The average Bonchev–Trinajstić information content (AvgIpc) is 2.54. The molecule has 5 nitrogen and oxygen atoms in total. The average molecular weight is 299 g/mol. The van der Waals surface area contributed by atoms with E-state index in [2.05, 4.69) is 15.6 Å². The third-order valence-corrected chi connectivity index (χ3v) is 4.21. The zero-order valence-electron chi connectivity index (χ0n) is 12.5. The fourth-order valence-electron chi connectivity index (χ4n) is 2.98. The number of urea groups is 1. The molecule has 3 N–H and O–H groups in total. The number of para-hydroxylation sites is 1. The van der Waals surface area contributed by atoms with Gasteiger partial charge in [0.25, 0.3) is 5.56 Å². The van der Waals surface area contributed by atoms with Crippen molar-refractivity contribution in [3.05, 3.63) is 46.2 Å². The van der Waals surface area contributed by atoms with E-state index in [0.29, 0.717) is 5.56 Å². The van der Waals surface area contributed by atoms with Crippen LogP contribution in [-0.2, 0) is 6.54 Å². The van der Waals surface area contributed by atoms with Crippen molar-refractivity contribution in [2.24, 2.45) is 0 Å². The Morgan fingerprint density at radius 3 is 2.77 bits per heavy atom. The molecule has 0 bridgehead atoms. The van der Waals surface area contributed by atoms with Crippen LogP contribution in [0.1, 0.15) is 37.7 Å². The second-order valence-corrected chi connectivity index (χ2v) is 5.87. The number of carbonyl (C=O) groups is 1. The normalized spacial score (nSPS) is 15.6. The van der Waals surface area contributed by atoms with Crippen LogP contribution in [0.3, 0.4) is 0 Å². The first-order valence-corrected chi connectivity index (χ1v) is 7.88. The summed E-state index contributed by atoms with van der Waals surface area (Å²) >= 11 is 0. The molecule has 0 aliphatic heterocycles. The number of nitrogens with one attached hydrogen (secondary N) is 3. The summed E-state index contributed by atoms with van der Waals surface area (Å²) in [6, 6.07) is 9.51. The van der Waals surface area contributed by atoms with Gasteiger partial charge in [0.15, 0.2) is 0 Å². The van der Waals surface area contributed by atoms with Gasteiger partial charge < -0.3 is 15.6 Å². The molecule has 1 heterocycles. The molecule has 1 aromatic heterocycles. The van der Waals surface area contributed by atoms with Crippen LogP contribution in [0.4, 0.5) is 4.79 Å². The lowest BCUT2D eigenvalue weighted by Crippen LogP contribution is -2.43. The molecule has 3 rings (SSSR count). The summed E-state index contributed by atoms with van der Waals surface area (Å²) in [5.74, 6) is 0. The Morgan fingerprint density at radius 2 is 1.95 bits per heavy atom. The van der Waals surface area contributed by atoms with Gasteiger partial charge in [0.05, 0.1) is 0 Å². The number of hydrogen-bond acceptors (Lipinski definition) is 2. The second-order valence-electron chi connectivity index (χ2n) is 5.87. The molecule has 0 atom stereocenters. The Kier molecular flexibility index (Phi) is 4.42. The number of carbonyl (C=O) groups excluding carboxylic acids is 1. The third-order valence-electron chi connectivity index (χ3n) is 4.21. The summed E-state index contributed by atoms with van der Waals surface area (Å²) in [7, 11) is 0. The van der Waals surface area contributed by atoms with Gasteiger partial charge in [-0.05, 0) is 30.4 Å². The van der Waals surface area contributed by atoms with E-state index >= 15 is 0 Å². The fourth-order valence-corrected chi connectivity index (χ4v) is 2.98. The molecule has 1 saturated carbocycles. The van der Waals surface area contributed by atoms with Crippen LogP contribution in [0.15, 0.2) is 35.1 Å². The van der Waals surface area contributed by atoms with Crippen LogP contribution in [0.25, 0.3) is 10.9 Å². The summed E-state index contributed by atoms with van der Waals surface area (Å²) in [5, 5.41) is 6.73. The first-order chi connectivity index (χ1) is 10.7. The molecule has 0 saturated heterocycles. The number of aromatic nitrogens is 1. The maximum Gasteiger partial charge on any atom is 0.315 e. The number of H-pyrrole nitrogens is 1. The van der Waals surface area contributed by atoms with E-state index in [9.17, 15) is 9.59 Å². The van der Waals surface area contributed by atoms with Crippen molar-refractivity contribution >= 4 is 16.9 Å². The predicted molar refractivity (Wildman–Crippen MR) is 86.8 cm³/mol. The molecule has 0 spiro atoms. The van der Waals surface area contributed by atoms with Crippen LogP contribution in [0.5, 0.6) is 0 Å². The number of pyridine rings is 1. The molecular formula is C17H21N3O2. The minimum absolute atomic E-state index is 0.156. The van der Waals surface area contributed by atoms with Crippen molar-refractivity contribution in [1.82, 2.24) is 15.6 Å². The van der Waals surface area contributed by atoms with E-state index in [0.717, 1.165) is 23.7 Å². The molecular weight excluding hydrogens is 278 g/mol. The van der Waals surface area contributed by atoms with E-state index in [1.54, 1.807) is 0 Å².